The van der Waals surface area contributed by atoms with E-state index < -0.39 is 0 Å². The van der Waals surface area contributed by atoms with E-state index in [0.29, 0.717) is 43.5 Å². The number of H-pyrrole nitrogens is 1. The fourth-order valence-corrected chi connectivity index (χ4v) is 2.80. The molecule has 2 amide bonds. The zero-order chi connectivity index (χ0) is 15.0. The van der Waals surface area contributed by atoms with Crippen LogP contribution in [0.15, 0.2) is 0 Å². The fourth-order valence-electron chi connectivity index (χ4n) is 2.80. The second kappa shape index (κ2) is 5.38. The Morgan fingerprint density at radius 3 is 2.52 bits per heavy atom. The first-order valence-electron chi connectivity index (χ1n) is 7.46. The minimum atomic E-state index is -0.138. The molecule has 1 aromatic rings. The van der Waals surface area contributed by atoms with Crippen LogP contribution in [-0.2, 0) is 4.79 Å². The maximum atomic E-state index is 12.6. The third kappa shape index (κ3) is 2.72. The van der Waals surface area contributed by atoms with Gasteiger partial charge in [-0.2, -0.15) is 5.10 Å². The van der Waals surface area contributed by atoms with Crippen molar-refractivity contribution in [1.82, 2.24) is 20.0 Å². The molecule has 2 fully saturated rings. The number of carbonyl (C=O) groups is 2. The number of nitrogens with two attached hydrogens (primary N) is 1. The van der Waals surface area contributed by atoms with Crippen molar-refractivity contribution in [2.24, 2.45) is 0 Å². The van der Waals surface area contributed by atoms with E-state index in [-0.39, 0.29) is 11.8 Å². The highest BCUT2D eigenvalue weighted by Crippen LogP contribution is 2.42. The lowest BCUT2D eigenvalue weighted by Crippen LogP contribution is -2.36. The second-order valence-corrected chi connectivity index (χ2v) is 5.83. The van der Waals surface area contributed by atoms with Gasteiger partial charge in [-0.1, -0.05) is 0 Å². The molecule has 0 atom stereocenters. The van der Waals surface area contributed by atoms with Crippen molar-refractivity contribution in [3.8, 4) is 0 Å². The van der Waals surface area contributed by atoms with Crippen LogP contribution in [0.4, 0.5) is 5.69 Å². The van der Waals surface area contributed by atoms with Crippen LogP contribution in [0, 0.1) is 0 Å². The summed E-state index contributed by atoms with van der Waals surface area (Å²) in [5, 5.41) is 7.03. The molecule has 0 bridgehead atoms. The summed E-state index contributed by atoms with van der Waals surface area (Å²) in [5.74, 6) is 0.358. The van der Waals surface area contributed by atoms with Crippen molar-refractivity contribution < 1.29 is 9.59 Å². The maximum Gasteiger partial charge on any atom is 0.276 e. The number of anilines is 1. The van der Waals surface area contributed by atoms with E-state index in [1.165, 1.54) is 0 Å². The molecule has 0 unspecified atom stereocenters. The molecule has 0 radical (unpaired) electrons. The van der Waals surface area contributed by atoms with E-state index in [0.717, 1.165) is 25.0 Å². The highest BCUT2D eigenvalue weighted by Gasteiger charge is 2.32. The van der Waals surface area contributed by atoms with Crippen LogP contribution in [0.3, 0.4) is 0 Å². The summed E-state index contributed by atoms with van der Waals surface area (Å²) in [5.41, 5.74) is 7.78. The molecule has 7 heteroatoms. The van der Waals surface area contributed by atoms with Gasteiger partial charge in [0.05, 0.1) is 11.4 Å². The van der Waals surface area contributed by atoms with Crippen LogP contribution in [-0.4, -0.2) is 58.0 Å². The van der Waals surface area contributed by atoms with Gasteiger partial charge in [-0.25, -0.2) is 0 Å². The van der Waals surface area contributed by atoms with Crippen molar-refractivity contribution in [3.05, 3.63) is 11.4 Å². The van der Waals surface area contributed by atoms with Gasteiger partial charge in [0.25, 0.3) is 5.91 Å². The average Bonchev–Trinajstić information content (AvgIpc) is 3.25. The zero-order valence-electron chi connectivity index (χ0n) is 12.3. The summed E-state index contributed by atoms with van der Waals surface area (Å²) in [6.07, 6.45) is 3.00. The lowest BCUT2D eigenvalue weighted by Gasteiger charge is -2.20. The Hall–Kier alpha value is -2.05. The van der Waals surface area contributed by atoms with E-state index >= 15 is 0 Å². The Labute approximate surface area is 123 Å². The minimum Gasteiger partial charge on any atom is -0.395 e. The number of carbonyl (C=O) groups excluding carboxylic acids is 2. The average molecular weight is 291 g/mol. The largest absolute Gasteiger partial charge is 0.395 e. The number of amides is 2. The van der Waals surface area contributed by atoms with E-state index in [1.807, 2.05) is 0 Å². The number of hydrogen-bond acceptors (Lipinski definition) is 4. The van der Waals surface area contributed by atoms with Gasteiger partial charge < -0.3 is 15.5 Å². The lowest BCUT2D eigenvalue weighted by molar-refractivity contribution is -0.128. The summed E-state index contributed by atoms with van der Waals surface area (Å²) < 4.78 is 0. The molecule has 1 aromatic heterocycles. The van der Waals surface area contributed by atoms with Crippen LogP contribution in [0.2, 0.25) is 0 Å². The summed E-state index contributed by atoms with van der Waals surface area (Å²) in [7, 11) is 0. The normalized spacial score (nSPS) is 19.5. The second-order valence-electron chi connectivity index (χ2n) is 5.83. The molecule has 21 heavy (non-hydrogen) atoms. The molecule has 114 valence electrons. The summed E-state index contributed by atoms with van der Waals surface area (Å²) in [4.78, 5) is 27.5. The van der Waals surface area contributed by atoms with E-state index in [2.05, 4.69) is 10.2 Å². The first-order valence-corrected chi connectivity index (χ1v) is 7.46. The van der Waals surface area contributed by atoms with Gasteiger partial charge in [0, 0.05) is 39.0 Å². The number of hydrogen-bond donors (Lipinski definition) is 2. The highest BCUT2D eigenvalue weighted by atomic mass is 16.2. The summed E-state index contributed by atoms with van der Waals surface area (Å²) >= 11 is 0. The predicted molar refractivity (Wildman–Crippen MR) is 77.7 cm³/mol. The van der Waals surface area contributed by atoms with Crippen LogP contribution in [0.1, 0.15) is 48.3 Å². The monoisotopic (exact) mass is 291 g/mol. The van der Waals surface area contributed by atoms with Gasteiger partial charge in [0.2, 0.25) is 5.91 Å². The van der Waals surface area contributed by atoms with Gasteiger partial charge in [-0.15, -0.1) is 0 Å². The minimum absolute atomic E-state index is 0.0552. The molecule has 0 aromatic carbocycles. The van der Waals surface area contributed by atoms with Gasteiger partial charge in [-0.05, 0) is 19.3 Å². The summed E-state index contributed by atoms with van der Waals surface area (Å²) in [6, 6.07) is 0. The van der Waals surface area contributed by atoms with Gasteiger partial charge in [0.1, 0.15) is 0 Å². The smallest absolute Gasteiger partial charge is 0.276 e. The number of nitrogens with one attached hydrogen (secondary N) is 1. The molecule has 1 aliphatic heterocycles. The summed E-state index contributed by atoms with van der Waals surface area (Å²) in [6.45, 7) is 3.99. The number of aromatic nitrogens is 2. The van der Waals surface area contributed by atoms with Crippen molar-refractivity contribution >= 4 is 17.5 Å². The molecule has 1 saturated carbocycles. The van der Waals surface area contributed by atoms with Gasteiger partial charge >= 0.3 is 0 Å². The quantitative estimate of drug-likeness (QED) is 0.832. The Kier molecular flexibility index (Phi) is 3.57. The third-order valence-corrected chi connectivity index (χ3v) is 4.25. The predicted octanol–water partition coefficient (Wildman–Crippen LogP) is 0.564. The van der Waals surface area contributed by atoms with Crippen molar-refractivity contribution in [2.75, 3.05) is 31.9 Å². The highest BCUT2D eigenvalue weighted by molar-refractivity contribution is 5.97. The number of nitrogen functional groups attached to an aromatic ring is 1. The molecule has 2 heterocycles. The Balaban J connectivity index is 1.71. The number of nitrogens with zero attached hydrogens (tertiary/aromatic N) is 3. The van der Waals surface area contributed by atoms with E-state index in [9.17, 15) is 9.59 Å². The molecule has 3 N–H and O–H groups in total. The first-order chi connectivity index (χ1) is 10.1. The molecular formula is C14H21N5O2. The number of aromatic amines is 1. The number of rotatable bonds is 2. The molecule has 3 rings (SSSR count). The van der Waals surface area contributed by atoms with Crippen LogP contribution >= 0.6 is 0 Å². The Morgan fingerprint density at radius 2 is 1.86 bits per heavy atom. The molecule has 1 saturated heterocycles. The fraction of sp³-hybridized carbons (Fsp3) is 0.643. The van der Waals surface area contributed by atoms with Crippen LogP contribution in [0.25, 0.3) is 0 Å². The standard InChI is InChI=1S/C14H21N5O2/c1-9(20)18-5-2-6-19(8-7-18)14(21)13-11(15)12(16-17-13)10-3-4-10/h10H,2-8,15H2,1H3,(H,16,17). The molecule has 7 nitrogen and oxygen atoms in total. The molecular weight excluding hydrogens is 270 g/mol. The topological polar surface area (TPSA) is 95.3 Å². The molecule has 1 aliphatic carbocycles. The Morgan fingerprint density at radius 1 is 1.19 bits per heavy atom. The van der Waals surface area contributed by atoms with Gasteiger partial charge in [-0.3, -0.25) is 14.7 Å². The maximum absolute atomic E-state index is 12.6. The van der Waals surface area contributed by atoms with Crippen LogP contribution < -0.4 is 5.73 Å². The lowest BCUT2D eigenvalue weighted by atomic mass is 10.2. The Bertz CT molecular complexity index is 564. The SMILES string of the molecule is CC(=O)N1CCCN(C(=O)c2n[nH]c(C3CC3)c2N)CC1. The zero-order valence-corrected chi connectivity index (χ0v) is 12.3. The van der Waals surface area contributed by atoms with Crippen molar-refractivity contribution in [3.63, 3.8) is 0 Å². The van der Waals surface area contributed by atoms with Gasteiger partial charge in [0.15, 0.2) is 5.69 Å². The molecule has 2 aliphatic rings. The van der Waals surface area contributed by atoms with E-state index in [4.69, 9.17) is 5.73 Å². The van der Waals surface area contributed by atoms with Crippen molar-refractivity contribution in [1.29, 1.82) is 0 Å². The van der Waals surface area contributed by atoms with Crippen molar-refractivity contribution in [2.45, 2.75) is 32.1 Å². The first kappa shape index (κ1) is 13.9. The molecule has 0 spiro atoms. The van der Waals surface area contributed by atoms with Crippen LogP contribution in [0.5, 0.6) is 0 Å². The van der Waals surface area contributed by atoms with E-state index in [1.54, 1.807) is 16.7 Å². The third-order valence-electron chi connectivity index (χ3n) is 4.25.